The number of hydrogen-bond acceptors (Lipinski definition) is 4. The third kappa shape index (κ3) is 4.08. The van der Waals surface area contributed by atoms with E-state index in [0.29, 0.717) is 26.0 Å². The zero-order chi connectivity index (χ0) is 17.9. The summed E-state index contributed by atoms with van der Waals surface area (Å²) in [5.74, 6) is -0.106. The lowest BCUT2D eigenvalue weighted by Crippen LogP contribution is -2.51. The molecule has 2 aromatic rings. The van der Waals surface area contributed by atoms with Gasteiger partial charge < -0.3 is 9.84 Å². The lowest BCUT2D eigenvalue weighted by Gasteiger charge is -2.43. The van der Waals surface area contributed by atoms with E-state index in [0.717, 1.165) is 24.3 Å². The first-order chi connectivity index (χ1) is 12.0. The molecule has 0 unspecified atom stereocenters. The van der Waals surface area contributed by atoms with E-state index in [1.54, 1.807) is 30.1 Å². The molecule has 0 bridgehead atoms. The van der Waals surface area contributed by atoms with Crippen LogP contribution in [0.2, 0.25) is 0 Å². The van der Waals surface area contributed by atoms with E-state index in [1.165, 1.54) is 6.07 Å². The molecule has 0 saturated carbocycles. The highest BCUT2D eigenvalue weighted by Gasteiger charge is 2.38. The van der Waals surface area contributed by atoms with Crippen LogP contribution in [0.3, 0.4) is 0 Å². The fraction of sp³-hybridized carbons (Fsp3) is 0.526. The van der Waals surface area contributed by atoms with Crippen LogP contribution in [0.1, 0.15) is 25.3 Å². The average Bonchev–Trinajstić information content (AvgIpc) is 3.11. The molecule has 1 aromatic heterocycles. The maximum Gasteiger partial charge on any atom is 0.123 e. The van der Waals surface area contributed by atoms with Gasteiger partial charge in [0.1, 0.15) is 5.82 Å². The van der Waals surface area contributed by atoms with Gasteiger partial charge in [0.05, 0.1) is 11.3 Å². The maximum atomic E-state index is 13.8. The second-order valence-electron chi connectivity index (χ2n) is 6.96. The summed E-state index contributed by atoms with van der Waals surface area (Å²) in [6.07, 6.45) is 4.92. The highest BCUT2D eigenvalue weighted by Crippen LogP contribution is 2.32. The first-order valence-corrected chi connectivity index (χ1v) is 8.74. The van der Waals surface area contributed by atoms with Gasteiger partial charge in [-0.2, -0.15) is 5.10 Å². The Morgan fingerprint density at radius 3 is 2.96 bits per heavy atom. The number of benzene rings is 1. The van der Waals surface area contributed by atoms with Crippen molar-refractivity contribution in [3.05, 3.63) is 48.0 Å². The minimum absolute atomic E-state index is 0.137. The summed E-state index contributed by atoms with van der Waals surface area (Å²) in [4.78, 5) is 2.27. The van der Waals surface area contributed by atoms with Gasteiger partial charge in [-0.3, -0.25) is 4.90 Å². The van der Waals surface area contributed by atoms with E-state index in [4.69, 9.17) is 4.74 Å². The van der Waals surface area contributed by atoms with Crippen LogP contribution < -0.4 is 0 Å². The molecule has 136 valence electrons. The van der Waals surface area contributed by atoms with Crippen molar-refractivity contribution in [1.82, 2.24) is 14.7 Å². The minimum Gasteiger partial charge on any atom is -0.389 e. The van der Waals surface area contributed by atoms with Gasteiger partial charge in [-0.05, 0) is 48.6 Å². The van der Waals surface area contributed by atoms with Crippen molar-refractivity contribution in [3.63, 3.8) is 0 Å². The Labute approximate surface area is 148 Å². The van der Waals surface area contributed by atoms with E-state index >= 15 is 0 Å². The number of piperidine rings is 1. The minimum atomic E-state index is -0.681. The lowest BCUT2D eigenvalue weighted by atomic mass is 9.80. The van der Waals surface area contributed by atoms with E-state index in [2.05, 4.69) is 16.9 Å². The Kier molecular flexibility index (Phi) is 5.51. The Morgan fingerprint density at radius 2 is 2.28 bits per heavy atom. The number of rotatable bonds is 6. The molecule has 1 N–H and O–H groups in total. The lowest BCUT2D eigenvalue weighted by molar-refractivity contribution is -0.0827. The largest absolute Gasteiger partial charge is 0.389 e. The number of likely N-dealkylation sites (tertiary alicyclic amines) is 1. The van der Waals surface area contributed by atoms with Crippen molar-refractivity contribution in [1.29, 1.82) is 0 Å². The molecule has 6 heteroatoms. The Balaban J connectivity index is 1.73. The van der Waals surface area contributed by atoms with E-state index < -0.39 is 5.60 Å². The third-order valence-electron chi connectivity index (χ3n) is 5.24. The fourth-order valence-corrected chi connectivity index (χ4v) is 3.60. The molecule has 1 fully saturated rings. The number of aromatic nitrogens is 2. The molecule has 0 amide bonds. The third-order valence-corrected chi connectivity index (χ3v) is 5.24. The molecule has 2 atom stereocenters. The Bertz CT molecular complexity index is 692. The van der Waals surface area contributed by atoms with Gasteiger partial charge in [0.15, 0.2) is 0 Å². The summed E-state index contributed by atoms with van der Waals surface area (Å²) in [6, 6.07) is 6.65. The first-order valence-electron chi connectivity index (χ1n) is 8.74. The monoisotopic (exact) mass is 347 g/mol. The van der Waals surface area contributed by atoms with Crippen LogP contribution in [-0.4, -0.2) is 52.2 Å². The molecule has 0 radical (unpaired) electrons. The summed E-state index contributed by atoms with van der Waals surface area (Å²) < 4.78 is 20.7. The van der Waals surface area contributed by atoms with Gasteiger partial charge in [0, 0.05) is 45.7 Å². The van der Waals surface area contributed by atoms with Crippen LogP contribution in [-0.2, 0) is 11.3 Å². The van der Waals surface area contributed by atoms with Crippen LogP contribution in [0.4, 0.5) is 4.39 Å². The number of halogens is 1. The van der Waals surface area contributed by atoms with Gasteiger partial charge in [0.25, 0.3) is 0 Å². The average molecular weight is 347 g/mol. The maximum absolute atomic E-state index is 13.8. The van der Waals surface area contributed by atoms with Crippen molar-refractivity contribution in [2.75, 3.05) is 26.8 Å². The molecule has 1 aliphatic rings. The van der Waals surface area contributed by atoms with Gasteiger partial charge in [-0.25, -0.2) is 9.07 Å². The summed E-state index contributed by atoms with van der Waals surface area (Å²) in [5, 5.41) is 15.1. The normalized spacial score (nSPS) is 24.6. The van der Waals surface area contributed by atoms with Gasteiger partial charge >= 0.3 is 0 Å². The molecule has 1 aliphatic heterocycles. The van der Waals surface area contributed by atoms with Crippen LogP contribution in [0.25, 0.3) is 5.69 Å². The molecule has 3 rings (SSSR count). The van der Waals surface area contributed by atoms with Crippen molar-refractivity contribution in [2.45, 2.75) is 31.9 Å². The summed E-state index contributed by atoms with van der Waals surface area (Å²) in [5.41, 5.74) is 1.11. The van der Waals surface area contributed by atoms with Crippen molar-refractivity contribution < 1.29 is 14.2 Å². The van der Waals surface area contributed by atoms with Crippen LogP contribution in [0.15, 0.2) is 36.7 Å². The van der Waals surface area contributed by atoms with E-state index in [-0.39, 0.29) is 11.7 Å². The predicted molar refractivity (Wildman–Crippen MR) is 94.0 cm³/mol. The zero-order valence-corrected chi connectivity index (χ0v) is 14.9. The van der Waals surface area contributed by atoms with Gasteiger partial charge in [-0.15, -0.1) is 0 Å². The highest BCUT2D eigenvalue weighted by atomic mass is 19.1. The molecule has 5 nitrogen and oxygen atoms in total. The number of nitrogens with zero attached hydrogens (tertiary/aromatic N) is 3. The second kappa shape index (κ2) is 7.64. The molecule has 1 aromatic carbocycles. The Morgan fingerprint density at radius 1 is 1.44 bits per heavy atom. The van der Waals surface area contributed by atoms with Gasteiger partial charge in [0.2, 0.25) is 0 Å². The molecule has 2 heterocycles. The number of methoxy groups -OCH3 is 1. The topological polar surface area (TPSA) is 50.5 Å². The molecular weight excluding hydrogens is 321 g/mol. The summed E-state index contributed by atoms with van der Waals surface area (Å²) in [7, 11) is 1.66. The highest BCUT2D eigenvalue weighted by molar-refractivity contribution is 5.40. The van der Waals surface area contributed by atoms with E-state index in [1.807, 2.05) is 12.3 Å². The fourth-order valence-electron chi connectivity index (χ4n) is 3.60. The van der Waals surface area contributed by atoms with Crippen molar-refractivity contribution >= 4 is 0 Å². The predicted octanol–water partition coefficient (Wildman–Crippen LogP) is 2.62. The summed E-state index contributed by atoms with van der Waals surface area (Å²) in [6.45, 7) is 4.82. The first kappa shape index (κ1) is 18.0. The number of ether oxygens (including phenoxy) is 1. The molecule has 0 aliphatic carbocycles. The number of aliphatic hydroxyl groups is 1. The SMILES string of the molecule is COCC[C@@]1(O)CCN(Cc2cc(F)ccc2-n2cccn2)C[C@@H]1C. The molecular formula is C19H26FN3O2. The second-order valence-corrected chi connectivity index (χ2v) is 6.96. The van der Waals surface area contributed by atoms with Crippen molar-refractivity contribution in [3.8, 4) is 5.69 Å². The molecule has 1 saturated heterocycles. The smallest absolute Gasteiger partial charge is 0.123 e. The van der Waals surface area contributed by atoms with Gasteiger partial charge in [-0.1, -0.05) is 6.92 Å². The summed E-state index contributed by atoms with van der Waals surface area (Å²) >= 11 is 0. The Hall–Kier alpha value is -1.76. The van der Waals surface area contributed by atoms with Crippen LogP contribution >= 0.6 is 0 Å². The number of hydrogen-bond donors (Lipinski definition) is 1. The molecule has 25 heavy (non-hydrogen) atoms. The molecule has 0 spiro atoms. The zero-order valence-electron chi connectivity index (χ0n) is 14.9. The quantitative estimate of drug-likeness (QED) is 0.873. The van der Waals surface area contributed by atoms with Crippen molar-refractivity contribution in [2.24, 2.45) is 5.92 Å². The van der Waals surface area contributed by atoms with Crippen LogP contribution in [0, 0.1) is 11.7 Å². The standard InChI is InChI=1S/C19H26FN3O2/c1-15-13-22(10-6-19(15,24)7-11-25-2)14-16-12-17(20)4-5-18(16)23-9-3-8-21-23/h3-5,8-9,12,15,24H,6-7,10-11,13-14H2,1-2H3/t15-,19-/m0/s1. The van der Waals surface area contributed by atoms with Crippen LogP contribution in [0.5, 0.6) is 0 Å². The van der Waals surface area contributed by atoms with E-state index in [9.17, 15) is 9.50 Å².